The maximum Gasteiger partial charge on any atom is 0.311 e. The number of anilines is 2. The average Bonchev–Trinajstić information content (AvgIpc) is 3.08. The number of benzene rings is 1. The first-order valence-electron chi connectivity index (χ1n) is 7.78. The lowest BCUT2D eigenvalue weighted by atomic mass is 10.1. The van der Waals surface area contributed by atoms with E-state index in [0.717, 1.165) is 11.3 Å². The summed E-state index contributed by atoms with van der Waals surface area (Å²) in [6.07, 6.45) is -0.00379. The van der Waals surface area contributed by atoms with Crippen LogP contribution in [0.4, 0.5) is 16.5 Å². The minimum absolute atomic E-state index is 0.00379. The fourth-order valence-electron chi connectivity index (χ4n) is 2.10. The van der Waals surface area contributed by atoms with Gasteiger partial charge >= 0.3 is 5.97 Å². The van der Waals surface area contributed by atoms with Crippen LogP contribution in [0.2, 0.25) is 0 Å². The third-order valence-corrected chi connectivity index (χ3v) is 4.21. The molecule has 10 nitrogen and oxygen atoms in total. The average molecular weight is 394 g/mol. The van der Waals surface area contributed by atoms with E-state index in [9.17, 15) is 19.7 Å². The molecule has 0 saturated heterocycles. The highest BCUT2D eigenvalue weighted by atomic mass is 32.1. The highest BCUT2D eigenvalue weighted by Gasteiger charge is 2.18. The van der Waals surface area contributed by atoms with Gasteiger partial charge in [-0.1, -0.05) is 0 Å². The normalized spacial score (nSPS) is 10.3. The summed E-state index contributed by atoms with van der Waals surface area (Å²) < 4.78 is 9.45. The second kappa shape index (κ2) is 9.59. The molecule has 0 bridgehead atoms. The molecular weight excluding hydrogens is 376 g/mol. The Hall–Kier alpha value is -3.05. The first-order chi connectivity index (χ1) is 12.9. The van der Waals surface area contributed by atoms with Crippen molar-refractivity contribution in [1.82, 2.24) is 4.98 Å². The van der Waals surface area contributed by atoms with Gasteiger partial charge in [-0.3, -0.25) is 25.0 Å². The third kappa shape index (κ3) is 5.72. The Morgan fingerprint density at radius 2 is 2.11 bits per heavy atom. The molecule has 1 heterocycles. The smallest absolute Gasteiger partial charge is 0.311 e. The van der Waals surface area contributed by atoms with Crippen molar-refractivity contribution < 1.29 is 24.0 Å². The Bertz CT molecular complexity index is 838. The number of amides is 1. The van der Waals surface area contributed by atoms with Crippen LogP contribution in [0.5, 0.6) is 0 Å². The molecule has 0 spiro atoms. The fourth-order valence-corrected chi connectivity index (χ4v) is 2.80. The molecule has 2 rings (SSSR count). The molecule has 0 aliphatic heterocycles. The van der Waals surface area contributed by atoms with Crippen molar-refractivity contribution in [1.29, 1.82) is 0 Å². The Labute approximate surface area is 158 Å². The second-order valence-corrected chi connectivity index (χ2v) is 6.12. The number of nitro groups is 1. The summed E-state index contributed by atoms with van der Waals surface area (Å²) in [5.74, 6) is -0.981. The van der Waals surface area contributed by atoms with Gasteiger partial charge in [-0.05, 0) is 12.1 Å². The number of nitrogens with zero attached hydrogens (tertiary/aromatic N) is 2. The van der Waals surface area contributed by atoms with Crippen LogP contribution in [0.1, 0.15) is 16.1 Å². The van der Waals surface area contributed by atoms with Crippen LogP contribution in [0, 0.1) is 10.1 Å². The summed E-state index contributed by atoms with van der Waals surface area (Å²) in [4.78, 5) is 38.4. The van der Waals surface area contributed by atoms with Gasteiger partial charge in [0.05, 0.1) is 30.8 Å². The monoisotopic (exact) mass is 394 g/mol. The van der Waals surface area contributed by atoms with E-state index in [-0.39, 0.29) is 22.8 Å². The summed E-state index contributed by atoms with van der Waals surface area (Å²) >= 11 is 1.14. The number of ether oxygens (including phenoxy) is 2. The minimum atomic E-state index is -0.566. The minimum Gasteiger partial charge on any atom is -0.469 e. The standard InChI is InChI=1S/C16H18N4O6S/c1-25-6-5-17-12-4-3-10(7-13(12)20(23)24)15(22)19-16-18-11(9-27-16)8-14(21)26-2/h3-4,7,9,17H,5-6,8H2,1-2H3,(H,18,19,22). The van der Waals surface area contributed by atoms with Gasteiger partial charge in [0.2, 0.25) is 0 Å². The highest BCUT2D eigenvalue weighted by molar-refractivity contribution is 7.14. The number of carbonyl (C=O) groups is 2. The molecule has 144 valence electrons. The summed E-state index contributed by atoms with van der Waals surface area (Å²) in [5.41, 5.74) is 0.655. The molecule has 0 unspecified atom stereocenters. The number of aromatic nitrogens is 1. The highest BCUT2D eigenvalue weighted by Crippen LogP contribution is 2.26. The van der Waals surface area contributed by atoms with Crippen molar-refractivity contribution in [2.45, 2.75) is 6.42 Å². The summed E-state index contributed by atoms with van der Waals surface area (Å²) in [5, 5.41) is 18.6. The zero-order valence-electron chi connectivity index (χ0n) is 14.7. The predicted octanol–water partition coefficient (Wildman–Crippen LogP) is 2.08. The predicted molar refractivity (Wildman–Crippen MR) is 99.2 cm³/mol. The fraction of sp³-hybridized carbons (Fsp3) is 0.312. The molecule has 1 aromatic heterocycles. The molecule has 0 saturated carbocycles. The molecule has 0 radical (unpaired) electrons. The van der Waals surface area contributed by atoms with E-state index in [0.29, 0.717) is 24.5 Å². The topological polar surface area (TPSA) is 133 Å². The maximum absolute atomic E-state index is 12.3. The van der Waals surface area contributed by atoms with E-state index in [2.05, 4.69) is 20.4 Å². The Balaban J connectivity index is 2.10. The van der Waals surface area contributed by atoms with Crippen molar-refractivity contribution in [2.75, 3.05) is 38.0 Å². The number of nitrogens with one attached hydrogen (secondary N) is 2. The van der Waals surface area contributed by atoms with Gasteiger partial charge in [-0.15, -0.1) is 11.3 Å². The molecule has 0 fully saturated rings. The number of carbonyl (C=O) groups excluding carboxylic acids is 2. The van der Waals surface area contributed by atoms with E-state index in [1.165, 1.54) is 32.4 Å². The van der Waals surface area contributed by atoms with Gasteiger partial charge in [-0.25, -0.2) is 4.98 Å². The van der Waals surface area contributed by atoms with Crippen LogP contribution in [0.15, 0.2) is 23.6 Å². The van der Waals surface area contributed by atoms with Crippen LogP contribution in [-0.4, -0.2) is 49.2 Å². The van der Waals surface area contributed by atoms with Crippen molar-refractivity contribution in [3.63, 3.8) is 0 Å². The molecule has 11 heteroatoms. The van der Waals surface area contributed by atoms with Crippen molar-refractivity contribution in [3.8, 4) is 0 Å². The molecule has 27 heavy (non-hydrogen) atoms. The van der Waals surface area contributed by atoms with Crippen molar-refractivity contribution in [2.24, 2.45) is 0 Å². The lowest BCUT2D eigenvalue weighted by molar-refractivity contribution is -0.384. The molecule has 0 aliphatic carbocycles. The molecule has 2 aromatic rings. The van der Waals surface area contributed by atoms with Gasteiger partial charge in [-0.2, -0.15) is 0 Å². The molecule has 0 aliphatic rings. The van der Waals surface area contributed by atoms with Crippen LogP contribution in [-0.2, 0) is 20.7 Å². The number of nitro benzene ring substituents is 1. The number of hydrogen-bond acceptors (Lipinski definition) is 9. The molecular formula is C16H18N4O6S. The zero-order chi connectivity index (χ0) is 19.8. The van der Waals surface area contributed by atoms with Gasteiger partial charge in [0.15, 0.2) is 5.13 Å². The summed E-state index contributed by atoms with van der Waals surface area (Å²) in [6, 6.07) is 4.13. The molecule has 2 N–H and O–H groups in total. The Morgan fingerprint density at radius 3 is 2.78 bits per heavy atom. The first kappa shape index (κ1) is 20.3. The van der Waals surface area contributed by atoms with Crippen LogP contribution < -0.4 is 10.6 Å². The Kier molecular flexibility index (Phi) is 7.20. The lowest BCUT2D eigenvalue weighted by Crippen LogP contribution is -2.14. The van der Waals surface area contributed by atoms with Crippen LogP contribution in [0.25, 0.3) is 0 Å². The van der Waals surface area contributed by atoms with Crippen molar-refractivity contribution >= 4 is 39.7 Å². The largest absolute Gasteiger partial charge is 0.469 e. The molecule has 1 aromatic carbocycles. The number of thiazole rings is 1. The van der Waals surface area contributed by atoms with Gasteiger partial charge in [0, 0.05) is 30.7 Å². The quantitative estimate of drug-likeness (QED) is 0.286. The number of methoxy groups -OCH3 is 2. The van der Waals surface area contributed by atoms with E-state index < -0.39 is 16.8 Å². The van der Waals surface area contributed by atoms with Gasteiger partial charge in [0.25, 0.3) is 11.6 Å². The number of rotatable bonds is 9. The van der Waals surface area contributed by atoms with E-state index >= 15 is 0 Å². The lowest BCUT2D eigenvalue weighted by Gasteiger charge is -2.08. The van der Waals surface area contributed by atoms with E-state index in [1.807, 2.05) is 0 Å². The van der Waals surface area contributed by atoms with Crippen molar-refractivity contribution in [3.05, 3.63) is 45.0 Å². The van der Waals surface area contributed by atoms with E-state index in [4.69, 9.17) is 4.74 Å². The summed E-state index contributed by atoms with van der Waals surface area (Å²) in [7, 11) is 2.80. The Morgan fingerprint density at radius 1 is 1.33 bits per heavy atom. The number of esters is 1. The molecule has 1 amide bonds. The molecule has 0 atom stereocenters. The van der Waals surface area contributed by atoms with Crippen LogP contribution in [0.3, 0.4) is 0 Å². The maximum atomic E-state index is 12.3. The SMILES string of the molecule is COCCNc1ccc(C(=O)Nc2nc(CC(=O)OC)cs2)cc1[N+](=O)[O-]. The second-order valence-electron chi connectivity index (χ2n) is 5.26. The number of hydrogen-bond donors (Lipinski definition) is 2. The van der Waals surface area contributed by atoms with Gasteiger partial charge < -0.3 is 14.8 Å². The summed E-state index contributed by atoms with van der Waals surface area (Å²) in [6.45, 7) is 0.780. The van der Waals surface area contributed by atoms with Crippen LogP contribution >= 0.6 is 11.3 Å². The first-order valence-corrected chi connectivity index (χ1v) is 8.66. The van der Waals surface area contributed by atoms with Gasteiger partial charge in [0.1, 0.15) is 5.69 Å². The zero-order valence-corrected chi connectivity index (χ0v) is 15.5. The van der Waals surface area contributed by atoms with E-state index in [1.54, 1.807) is 5.38 Å². The third-order valence-electron chi connectivity index (χ3n) is 3.40.